The van der Waals surface area contributed by atoms with Crippen LogP contribution >= 0.6 is 0 Å². The van der Waals surface area contributed by atoms with Crippen LogP contribution in [-0.4, -0.2) is 50.7 Å². The highest BCUT2D eigenvalue weighted by Gasteiger charge is 2.21. The van der Waals surface area contributed by atoms with E-state index in [-0.39, 0.29) is 0 Å². The molecular weight excluding hydrogens is 280 g/mol. The van der Waals surface area contributed by atoms with E-state index in [1.807, 2.05) is 11.0 Å². The maximum atomic E-state index is 10.8. The summed E-state index contributed by atoms with van der Waals surface area (Å²) in [5, 5.41) is 0. The molecule has 0 bridgehead atoms. The van der Waals surface area contributed by atoms with Crippen molar-refractivity contribution in [2.75, 3.05) is 38.2 Å². The zero-order valence-corrected chi connectivity index (χ0v) is 13.2. The van der Waals surface area contributed by atoms with Gasteiger partial charge in [-0.05, 0) is 37.8 Å². The summed E-state index contributed by atoms with van der Waals surface area (Å²) in [5.74, 6) is 1.63. The highest BCUT2D eigenvalue weighted by molar-refractivity contribution is 5.57. The maximum absolute atomic E-state index is 10.8. The van der Waals surface area contributed by atoms with Crippen molar-refractivity contribution in [1.29, 1.82) is 0 Å². The summed E-state index contributed by atoms with van der Waals surface area (Å²) < 4.78 is 11.6. The SMILES string of the molecule is COc1ccc(N2CCN(C=O)CC2)cc1OC1CCCC1. The van der Waals surface area contributed by atoms with Crippen molar-refractivity contribution in [3.05, 3.63) is 18.2 Å². The van der Waals surface area contributed by atoms with Crippen molar-refractivity contribution in [1.82, 2.24) is 4.90 Å². The van der Waals surface area contributed by atoms with Gasteiger partial charge in [0, 0.05) is 37.9 Å². The summed E-state index contributed by atoms with van der Waals surface area (Å²) in [6.07, 6.45) is 6.01. The molecule has 3 rings (SSSR count). The Balaban J connectivity index is 1.73. The van der Waals surface area contributed by atoms with E-state index in [4.69, 9.17) is 9.47 Å². The fourth-order valence-corrected chi connectivity index (χ4v) is 3.23. The van der Waals surface area contributed by atoms with Crippen molar-refractivity contribution in [3.8, 4) is 11.5 Å². The van der Waals surface area contributed by atoms with Gasteiger partial charge in [0.1, 0.15) is 0 Å². The smallest absolute Gasteiger partial charge is 0.209 e. The van der Waals surface area contributed by atoms with E-state index in [0.29, 0.717) is 6.10 Å². The lowest BCUT2D eigenvalue weighted by atomic mass is 10.2. The lowest BCUT2D eigenvalue weighted by Gasteiger charge is -2.34. The van der Waals surface area contributed by atoms with Crippen molar-refractivity contribution < 1.29 is 14.3 Å². The van der Waals surface area contributed by atoms with E-state index in [1.165, 1.54) is 12.8 Å². The molecule has 1 aromatic carbocycles. The first-order chi connectivity index (χ1) is 10.8. The van der Waals surface area contributed by atoms with E-state index in [2.05, 4.69) is 17.0 Å². The average Bonchev–Trinajstić information content (AvgIpc) is 3.08. The molecule has 5 heteroatoms. The minimum absolute atomic E-state index is 0.316. The number of ether oxygens (including phenoxy) is 2. The predicted octanol–water partition coefficient (Wildman–Crippen LogP) is 2.29. The van der Waals surface area contributed by atoms with Crippen molar-refractivity contribution in [3.63, 3.8) is 0 Å². The molecule has 120 valence electrons. The lowest BCUT2D eigenvalue weighted by Crippen LogP contribution is -2.45. The summed E-state index contributed by atoms with van der Waals surface area (Å²) in [4.78, 5) is 14.9. The fraction of sp³-hybridized carbons (Fsp3) is 0.588. The number of benzene rings is 1. The Hall–Kier alpha value is -1.91. The van der Waals surface area contributed by atoms with E-state index < -0.39 is 0 Å². The average molecular weight is 304 g/mol. The van der Waals surface area contributed by atoms with Crippen LogP contribution in [0.5, 0.6) is 11.5 Å². The maximum Gasteiger partial charge on any atom is 0.209 e. The number of carbonyl (C=O) groups excluding carboxylic acids is 1. The molecule has 0 N–H and O–H groups in total. The number of hydrogen-bond acceptors (Lipinski definition) is 4. The fourth-order valence-electron chi connectivity index (χ4n) is 3.23. The van der Waals surface area contributed by atoms with Crippen LogP contribution in [0.4, 0.5) is 5.69 Å². The van der Waals surface area contributed by atoms with Crippen LogP contribution in [0.3, 0.4) is 0 Å². The molecule has 2 fully saturated rings. The normalized spacial score (nSPS) is 19.3. The van der Waals surface area contributed by atoms with Gasteiger partial charge in [-0.1, -0.05) is 0 Å². The lowest BCUT2D eigenvalue weighted by molar-refractivity contribution is -0.118. The second-order valence-corrected chi connectivity index (χ2v) is 5.99. The topological polar surface area (TPSA) is 42.0 Å². The number of amides is 1. The molecule has 22 heavy (non-hydrogen) atoms. The number of anilines is 1. The Morgan fingerprint density at radius 2 is 1.82 bits per heavy atom. The standard InChI is InChI=1S/C17H24N2O3/c1-21-16-7-6-14(19-10-8-18(13-20)9-11-19)12-17(16)22-15-4-2-3-5-15/h6-7,12-13,15H,2-5,8-11H2,1H3. The molecule has 0 aromatic heterocycles. The largest absolute Gasteiger partial charge is 0.493 e. The molecule has 0 radical (unpaired) electrons. The van der Waals surface area contributed by atoms with Crippen LogP contribution in [0.2, 0.25) is 0 Å². The molecule has 5 nitrogen and oxygen atoms in total. The second-order valence-electron chi connectivity index (χ2n) is 5.99. The number of methoxy groups -OCH3 is 1. The van der Waals surface area contributed by atoms with Gasteiger partial charge in [-0.2, -0.15) is 0 Å². The second kappa shape index (κ2) is 6.90. The first-order valence-electron chi connectivity index (χ1n) is 8.09. The number of carbonyl (C=O) groups is 1. The molecule has 1 heterocycles. The third kappa shape index (κ3) is 3.29. The van der Waals surface area contributed by atoms with Crippen molar-refractivity contribution in [2.24, 2.45) is 0 Å². The zero-order chi connectivity index (χ0) is 15.4. The predicted molar refractivity (Wildman–Crippen MR) is 85.7 cm³/mol. The third-order valence-corrected chi connectivity index (χ3v) is 4.57. The number of nitrogens with zero attached hydrogens (tertiary/aromatic N) is 2. The molecule has 1 aliphatic carbocycles. The van der Waals surface area contributed by atoms with E-state index in [9.17, 15) is 4.79 Å². The van der Waals surface area contributed by atoms with Crippen molar-refractivity contribution >= 4 is 12.1 Å². The molecule has 0 atom stereocenters. The van der Waals surface area contributed by atoms with Crippen LogP contribution in [0, 0.1) is 0 Å². The van der Waals surface area contributed by atoms with Gasteiger partial charge < -0.3 is 19.3 Å². The van der Waals surface area contributed by atoms with Gasteiger partial charge in [0.2, 0.25) is 6.41 Å². The van der Waals surface area contributed by atoms with Crippen LogP contribution in [0.25, 0.3) is 0 Å². The van der Waals surface area contributed by atoms with Crippen molar-refractivity contribution in [2.45, 2.75) is 31.8 Å². The van der Waals surface area contributed by atoms with Crippen LogP contribution < -0.4 is 14.4 Å². The van der Waals surface area contributed by atoms with E-state index >= 15 is 0 Å². The number of rotatable bonds is 5. The third-order valence-electron chi connectivity index (χ3n) is 4.57. The molecule has 1 aliphatic heterocycles. The minimum atomic E-state index is 0.316. The minimum Gasteiger partial charge on any atom is -0.493 e. The van der Waals surface area contributed by atoms with Gasteiger partial charge in [0.05, 0.1) is 13.2 Å². The van der Waals surface area contributed by atoms with Gasteiger partial charge in [0.25, 0.3) is 0 Å². The quantitative estimate of drug-likeness (QED) is 0.783. The molecule has 2 aliphatic rings. The Morgan fingerprint density at radius 1 is 1.09 bits per heavy atom. The zero-order valence-electron chi connectivity index (χ0n) is 13.2. The van der Waals surface area contributed by atoms with E-state index in [1.54, 1.807) is 7.11 Å². The van der Waals surface area contributed by atoms with Crippen LogP contribution in [0.15, 0.2) is 18.2 Å². The highest BCUT2D eigenvalue weighted by atomic mass is 16.5. The van der Waals surface area contributed by atoms with Gasteiger partial charge in [-0.3, -0.25) is 4.79 Å². The number of piperazine rings is 1. The Morgan fingerprint density at radius 3 is 2.45 bits per heavy atom. The van der Waals surface area contributed by atoms with Gasteiger partial charge >= 0.3 is 0 Å². The highest BCUT2D eigenvalue weighted by Crippen LogP contribution is 2.35. The van der Waals surface area contributed by atoms with E-state index in [0.717, 1.165) is 62.6 Å². The Bertz CT molecular complexity index is 507. The summed E-state index contributed by atoms with van der Waals surface area (Å²) >= 11 is 0. The number of hydrogen-bond donors (Lipinski definition) is 0. The van der Waals surface area contributed by atoms with Crippen LogP contribution in [-0.2, 0) is 4.79 Å². The summed E-state index contributed by atoms with van der Waals surface area (Å²) in [6.45, 7) is 3.25. The first-order valence-corrected chi connectivity index (χ1v) is 8.09. The van der Waals surface area contributed by atoms with Crippen LogP contribution in [0.1, 0.15) is 25.7 Å². The molecule has 0 spiro atoms. The molecule has 0 unspecified atom stereocenters. The van der Waals surface area contributed by atoms with Gasteiger partial charge in [-0.15, -0.1) is 0 Å². The molecule has 1 amide bonds. The summed E-state index contributed by atoms with van der Waals surface area (Å²) in [5.41, 5.74) is 1.14. The molecule has 1 saturated carbocycles. The monoisotopic (exact) mass is 304 g/mol. The van der Waals surface area contributed by atoms with Gasteiger partial charge in [0.15, 0.2) is 11.5 Å². The van der Waals surface area contributed by atoms with Gasteiger partial charge in [-0.25, -0.2) is 0 Å². The first kappa shape index (κ1) is 15.0. The molecule has 1 saturated heterocycles. The molecule has 1 aromatic rings. The summed E-state index contributed by atoms with van der Waals surface area (Å²) in [6, 6.07) is 6.12. The molecular formula is C17H24N2O3. The Labute approximate surface area is 131 Å². The summed E-state index contributed by atoms with van der Waals surface area (Å²) in [7, 11) is 1.68. The Kier molecular flexibility index (Phi) is 4.71.